The van der Waals surface area contributed by atoms with Crippen LogP contribution in [-0.4, -0.2) is 18.2 Å². The van der Waals surface area contributed by atoms with Crippen molar-refractivity contribution in [2.75, 3.05) is 0 Å². The third-order valence-electron chi connectivity index (χ3n) is 3.54. The normalized spacial score (nSPS) is 22.8. The van der Waals surface area contributed by atoms with Gasteiger partial charge in [-0.15, -0.1) is 0 Å². The van der Waals surface area contributed by atoms with E-state index in [1.54, 1.807) is 12.2 Å². The number of amides is 1. The number of nitrogens with two attached hydrogens (primary N) is 1. The first-order valence-electron chi connectivity index (χ1n) is 6.73. The van der Waals surface area contributed by atoms with Crippen LogP contribution in [0.4, 0.5) is 0 Å². The van der Waals surface area contributed by atoms with Crippen LogP contribution >= 0.6 is 0 Å². The molecule has 0 saturated heterocycles. The molecule has 0 aromatic carbocycles. The van der Waals surface area contributed by atoms with Crippen LogP contribution < -0.4 is 11.1 Å². The van der Waals surface area contributed by atoms with E-state index in [1.165, 1.54) is 0 Å². The Hall–Kier alpha value is -2.61. The van der Waals surface area contributed by atoms with E-state index in [4.69, 9.17) is 16.4 Å². The Morgan fingerprint density at radius 1 is 1.52 bits per heavy atom. The molecule has 0 aromatic rings. The maximum Gasteiger partial charge on any atom is 0.254 e. The molecular weight excluding hydrogens is 264 g/mol. The van der Waals surface area contributed by atoms with Crippen molar-refractivity contribution in [3.63, 3.8) is 0 Å². The summed E-state index contributed by atoms with van der Waals surface area (Å²) >= 11 is 0. The molecule has 0 unspecified atom stereocenters. The summed E-state index contributed by atoms with van der Waals surface area (Å²) < 4.78 is 0. The Kier molecular flexibility index (Phi) is 6.15. The molecular formula is C16H20N4O. The monoisotopic (exact) mass is 284 g/mol. The number of allylic oxidation sites excluding steroid dienone is 5. The van der Waals surface area contributed by atoms with Gasteiger partial charge in [-0.25, -0.2) is 0 Å². The summed E-state index contributed by atoms with van der Waals surface area (Å²) in [5, 5.41) is 19.1. The van der Waals surface area contributed by atoms with Gasteiger partial charge in [0, 0.05) is 18.5 Å². The van der Waals surface area contributed by atoms with Crippen LogP contribution in [0.1, 0.15) is 19.8 Å². The van der Waals surface area contributed by atoms with Crippen molar-refractivity contribution >= 4 is 12.1 Å². The molecule has 0 radical (unpaired) electrons. The van der Waals surface area contributed by atoms with Crippen LogP contribution in [-0.2, 0) is 4.79 Å². The molecule has 1 rings (SSSR count). The van der Waals surface area contributed by atoms with E-state index >= 15 is 0 Å². The summed E-state index contributed by atoms with van der Waals surface area (Å²) in [5.41, 5.74) is 7.02. The van der Waals surface area contributed by atoms with Crippen LogP contribution in [0.5, 0.6) is 0 Å². The number of nitrogens with one attached hydrogen (secondary N) is 2. The van der Waals surface area contributed by atoms with Crippen molar-refractivity contribution in [1.82, 2.24) is 5.32 Å². The van der Waals surface area contributed by atoms with Crippen molar-refractivity contribution in [2.24, 2.45) is 11.7 Å². The van der Waals surface area contributed by atoms with E-state index in [0.29, 0.717) is 5.57 Å². The highest BCUT2D eigenvalue weighted by atomic mass is 16.1. The maximum atomic E-state index is 11.7. The molecule has 1 fully saturated rings. The molecule has 0 spiro atoms. The highest BCUT2D eigenvalue weighted by Gasteiger charge is 2.33. The van der Waals surface area contributed by atoms with Gasteiger partial charge in [-0.2, -0.15) is 5.26 Å². The van der Waals surface area contributed by atoms with E-state index in [9.17, 15) is 4.79 Å². The van der Waals surface area contributed by atoms with Gasteiger partial charge in [-0.3, -0.25) is 4.79 Å². The van der Waals surface area contributed by atoms with Gasteiger partial charge in [0.2, 0.25) is 0 Å². The predicted octanol–water partition coefficient (Wildman–Crippen LogP) is 1.96. The Bertz CT molecular complexity index is 557. The smallest absolute Gasteiger partial charge is 0.254 e. The van der Waals surface area contributed by atoms with Crippen molar-refractivity contribution < 1.29 is 4.79 Å². The van der Waals surface area contributed by atoms with Gasteiger partial charge in [-0.1, -0.05) is 18.7 Å². The van der Waals surface area contributed by atoms with Crippen LogP contribution in [0.15, 0.2) is 47.7 Å². The first kappa shape index (κ1) is 16.4. The number of carbonyl (C=O) groups is 1. The van der Waals surface area contributed by atoms with Crippen molar-refractivity contribution in [3.8, 4) is 6.07 Å². The Labute approximate surface area is 125 Å². The van der Waals surface area contributed by atoms with Gasteiger partial charge in [0.25, 0.3) is 5.91 Å². The predicted molar refractivity (Wildman–Crippen MR) is 83.4 cm³/mol. The van der Waals surface area contributed by atoms with E-state index in [2.05, 4.69) is 18.0 Å². The zero-order valence-corrected chi connectivity index (χ0v) is 12.1. The second-order valence-corrected chi connectivity index (χ2v) is 4.78. The number of rotatable bonds is 6. The zero-order chi connectivity index (χ0) is 15.8. The molecule has 1 saturated carbocycles. The minimum Gasteiger partial charge on any atom is -0.404 e. The fraction of sp³-hybridized carbons (Fsp3) is 0.312. The molecule has 5 heteroatoms. The SMILES string of the molecule is C=C/C=C(C#N)\C(=C/C)C1CC(NC(=O)/C(C=N)=C/N)C1. The van der Waals surface area contributed by atoms with Gasteiger partial charge >= 0.3 is 0 Å². The fourth-order valence-electron chi connectivity index (χ4n) is 2.37. The molecule has 4 N–H and O–H groups in total. The van der Waals surface area contributed by atoms with Gasteiger partial charge in [0.1, 0.15) is 0 Å². The summed E-state index contributed by atoms with van der Waals surface area (Å²) in [5.74, 6) is -0.0726. The van der Waals surface area contributed by atoms with E-state index in [-0.39, 0.29) is 23.4 Å². The number of nitrogens with zero attached hydrogens (tertiary/aromatic N) is 1. The average molecular weight is 284 g/mol. The number of hydrogen-bond acceptors (Lipinski definition) is 4. The molecule has 1 amide bonds. The second kappa shape index (κ2) is 7.85. The second-order valence-electron chi connectivity index (χ2n) is 4.78. The zero-order valence-electron chi connectivity index (χ0n) is 12.1. The van der Waals surface area contributed by atoms with Crippen LogP contribution in [0.25, 0.3) is 0 Å². The number of carbonyl (C=O) groups excluding carboxylic acids is 1. The molecule has 0 bridgehead atoms. The van der Waals surface area contributed by atoms with Crippen molar-refractivity contribution in [1.29, 1.82) is 10.7 Å². The quantitative estimate of drug-likeness (QED) is 0.300. The van der Waals surface area contributed by atoms with Crippen LogP contribution in [0.2, 0.25) is 0 Å². The summed E-state index contributed by atoms with van der Waals surface area (Å²) in [6.45, 7) is 5.51. The molecule has 0 aromatic heterocycles. The Balaban J connectivity index is 2.62. The van der Waals surface area contributed by atoms with E-state index in [1.807, 2.05) is 13.0 Å². The first-order chi connectivity index (χ1) is 10.1. The molecule has 0 aliphatic heterocycles. The molecule has 0 atom stereocenters. The molecule has 110 valence electrons. The maximum absolute atomic E-state index is 11.7. The van der Waals surface area contributed by atoms with Crippen LogP contribution in [0.3, 0.4) is 0 Å². The van der Waals surface area contributed by atoms with Gasteiger partial charge in [0.15, 0.2) is 0 Å². The minimum atomic E-state index is -0.333. The van der Waals surface area contributed by atoms with Crippen LogP contribution in [0, 0.1) is 22.7 Å². The lowest BCUT2D eigenvalue weighted by molar-refractivity contribution is -0.118. The highest BCUT2D eigenvalue weighted by molar-refractivity contribution is 6.11. The van der Waals surface area contributed by atoms with Gasteiger partial charge < -0.3 is 16.5 Å². The Morgan fingerprint density at radius 3 is 2.62 bits per heavy atom. The molecule has 1 aliphatic carbocycles. The summed E-state index contributed by atoms with van der Waals surface area (Å²) in [7, 11) is 0. The molecule has 1 aliphatic rings. The molecule has 0 heterocycles. The summed E-state index contributed by atoms with van der Waals surface area (Å²) in [6.07, 6.45) is 8.84. The number of nitriles is 1. The minimum absolute atomic E-state index is 0.0519. The summed E-state index contributed by atoms with van der Waals surface area (Å²) in [4.78, 5) is 11.7. The number of hydrogen-bond donors (Lipinski definition) is 3. The van der Waals surface area contributed by atoms with E-state index in [0.717, 1.165) is 30.8 Å². The lowest BCUT2D eigenvalue weighted by Gasteiger charge is -2.37. The first-order valence-corrected chi connectivity index (χ1v) is 6.73. The van der Waals surface area contributed by atoms with Gasteiger partial charge in [0.05, 0.1) is 17.2 Å². The summed E-state index contributed by atoms with van der Waals surface area (Å²) in [6, 6.07) is 2.23. The lowest BCUT2D eigenvalue weighted by Crippen LogP contribution is -2.45. The lowest BCUT2D eigenvalue weighted by atomic mass is 9.73. The molecule has 5 nitrogen and oxygen atoms in total. The van der Waals surface area contributed by atoms with Crippen molar-refractivity contribution in [3.05, 3.63) is 47.7 Å². The van der Waals surface area contributed by atoms with Crippen molar-refractivity contribution in [2.45, 2.75) is 25.8 Å². The topological polar surface area (TPSA) is 103 Å². The third-order valence-corrected chi connectivity index (χ3v) is 3.54. The standard InChI is InChI=1S/C16H20N4O/c1-3-5-11(8-17)15(4-2)12-6-14(7-12)20-16(21)13(9-18)10-19/h3-5,9-10,12,14,18H,1,6-7,19H2,2H3,(H,20,21)/b11-5-,13-10+,15-4+,18-9?. The molecule has 21 heavy (non-hydrogen) atoms. The fourth-order valence-corrected chi connectivity index (χ4v) is 2.37. The van der Waals surface area contributed by atoms with Gasteiger partial charge in [-0.05, 0) is 37.3 Å². The largest absolute Gasteiger partial charge is 0.404 e. The average Bonchev–Trinajstić information content (AvgIpc) is 2.45. The Morgan fingerprint density at radius 2 is 2.19 bits per heavy atom. The third kappa shape index (κ3) is 3.93. The highest BCUT2D eigenvalue weighted by Crippen LogP contribution is 2.37. The van der Waals surface area contributed by atoms with E-state index < -0.39 is 0 Å².